The Bertz CT molecular complexity index is 357. The predicted octanol–water partition coefficient (Wildman–Crippen LogP) is 3.25. The highest BCUT2D eigenvalue weighted by Gasteiger charge is 2.31. The summed E-state index contributed by atoms with van der Waals surface area (Å²) in [6.45, 7) is 6.11. The number of ether oxygens (including phenoxy) is 2. The van der Waals surface area contributed by atoms with Gasteiger partial charge in [0.05, 0.1) is 0 Å². The number of rotatable bonds is 3. The third-order valence-electron chi connectivity index (χ3n) is 2.69. The van der Waals surface area contributed by atoms with Crippen LogP contribution in [0.3, 0.4) is 0 Å². The normalized spacial score (nSPS) is 11.9. The fraction of sp³-hybridized carbons (Fsp3) is 0.500. The van der Waals surface area contributed by atoms with Gasteiger partial charge in [0.15, 0.2) is 0 Å². The van der Waals surface area contributed by atoms with Gasteiger partial charge in [-0.25, -0.2) is 0 Å². The lowest BCUT2D eigenvalue weighted by molar-refractivity contribution is -0.148. The SMILES string of the molecule is COC(Cl)(OC)c1cc(C)c(C)cc1C. The Balaban J connectivity index is 3.30. The number of alkyl halides is 1. The molecule has 0 heterocycles. The van der Waals surface area contributed by atoms with Gasteiger partial charge in [-0.1, -0.05) is 17.7 Å². The average molecular weight is 229 g/mol. The van der Waals surface area contributed by atoms with Crippen LogP contribution in [0, 0.1) is 20.8 Å². The molecule has 0 saturated heterocycles. The van der Waals surface area contributed by atoms with Crippen LogP contribution in [0.4, 0.5) is 0 Å². The van der Waals surface area contributed by atoms with Gasteiger partial charge in [-0.15, -0.1) is 0 Å². The fourth-order valence-electron chi connectivity index (χ4n) is 1.59. The van der Waals surface area contributed by atoms with Crippen molar-refractivity contribution in [3.05, 3.63) is 34.4 Å². The van der Waals surface area contributed by atoms with E-state index in [1.54, 1.807) is 0 Å². The van der Waals surface area contributed by atoms with E-state index in [0.717, 1.165) is 11.1 Å². The van der Waals surface area contributed by atoms with Gasteiger partial charge in [-0.05, 0) is 43.5 Å². The Morgan fingerprint density at radius 3 is 1.87 bits per heavy atom. The second-order valence-corrected chi connectivity index (χ2v) is 4.19. The van der Waals surface area contributed by atoms with Crippen LogP contribution in [-0.4, -0.2) is 14.2 Å². The number of hydrogen-bond donors (Lipinski definition) is 0. The summed E-state index contributed by atoms with van der Waals surface area (Å²) in [6, 6.07) is 4.09. The predicted molar refractivity (Wildman–Crippen MR) is 62.2 cm³/mol. The van der Waals surface area contributed by atoms with E-state index in [1.165, 1.54) is 25.3 Å². The molecule has 0 atom stereocenters. The Kier molecular flexibility index (Phi) is 3.77. The van der Waals surface area contributed by atoms with Gasteiger partial charge in [0.2, 0.25) is 0 Å². The molecular formula is C12H17ClO2. The van der Waals surface area contributed by atoms with E-state index in [1.807, 2.05) is 19.9 Å². The number of benzene rings is 1. The number of hydrogen-bond acceptors (Lipinski definition) is 2. The lowest BCUT2D eigenvalue weighted by Crippen LogP contribution is -2.24. The molecule has 0 amide bonds. The highest BCUT2D eigenvalue weighted by Crippen LogP contribution is 2.34. The molecule has 0 spiro atoms. The monoisotopic (exact) mass is 228 g/mol. The zero-order valence-corrected chi connectivity index (χ0v) is 10.6. The third-order valence-corrected chi connectivity index (χ3v) is 3.20. The molecule has 84 valence electrons. The maximum atomic E-state index is 6.22. The van der Waals surface area contributed by atoms with Crippen LogP contribution in [0.5, 0.6) is 0 Å². The topological polar surface area (TPSA) is 18.5 Å². The minimum Gasteiger partial charge on any atom is -0.337 e. The van der Waals surface area contributed by atoms with Gasteiger partial charge >= 0.3 is 0 Å². The molecule has 0 radical (unpaired) electrons. The van der Waals surface area contributed by atoms with Crippen molar-refractivity contribution >= 4 is 11.6 Å². The van der Waals surface area contributed by atoms with Crippen LogP contribution >= 0.6 is 11.6 Å². The van der Waals surface area contributed by atoms with Crippen LogP contribution in [-0.2, 0) is 14.7 Å². The molecule has 15 heavy (non-hydrogen) atoms. The molecule has 0 aliphatic rings. The van der Waals surface area contributed by atoms with Crippen LogP contribution in [0.15, 0.2) is 12.1 Å². The highest BCUT2D eigenvalue weighted by atomic mass is 35.5. The van der Waals surface area contributed by atoms with Gasteiger partial charge in [0.1, 0.15) is 0 Å². The van der Waals surface area contributed by atoms with Gasteiger partial charge < -0.3 is 9.47 Å². The molecular weight excluding hydrogens is 212 g/mol. The molecule has 2 nitrogen and oxygen atoms in total. The smallest absolute Gasteiger partial charge is 0.276 e. The first-order chi connectivity index (χ1) is 6.94. The van der Waals surface area contributed by atoms with Crippen molar-refractivity contribution in [1.29, 1.82) is 0 Å². The third kappa shape index (κ3) is 2.33. The van der Waals surface area contributed by atoms with E-state index in [2.05, 4.69) is 13.0 Å². The molecule has 0 aliphatic carbocycles. The zero-order valence-electron chi connectivity index (χ0n) is 9.85. The Labute approximate surface area is 96.2 Å². The minimum absolute atomic E-state index is 0.859. The summed E-state index contributed by atoms with van der Waals surface area (Å²) in [5.41, 5.74) is 4.34. The summed E-state index contributed by atoms with van der Waals surface area (Å²) < 4.78 is 10.4. The summed E-state index contributed by atoms with van der Waals surface area (Å²) in [6.07, 6.45) is 0. The summed E-state index contributed by atoms with van der Waals surface area (Å²) in [5.74, 6) is 0. The summed E-state index contributed by atoms with van der Waals surface area (Å²) >= 11 is 6.22. The van der Waals surface area contributed by atoms with Crippen molar-refractivity contribution in [1.82, 2.24) is 0 Å². The highest BCUT2D eigenvalue weighted by molar-refractivity contribution is 6.22. The molecule has 3 heteroatoms. The van der Waals surface area contributed by atoms with E-state index in [0.29, 0.717) is 0 Å². The van der Waals surface area contributed by atoms with Gasteiger partial charge in [0, 0.05) is 19.8 Å². The number of aryl methyl sites for hydroxylation is 3. The van der Waals surface area contributed by atoms with E-state index >= 15 is 0 Å². The van der Waals surface area contributed by atoms with Crippen LogP contribution in [0.2, 0.25) is 0 Å². The second kappa shape index (κ2) is 4.52. The van der Waals surface area contributed by atoms with Crippen molar-refractivity contribution in [2.45, 2.75) is 26.0 Å². The van der Waals surface area contributed by atoms with E-state index < -0.39 is 5.25 Å². The average Bonchev–Trinajstić information content (AvgIpc) is 2.22. The van der Waals surface area contributed by atoms with E-state index in [4.69, 9.17) is 21.1 Å². The Hall–Kier alpha value is -0.570. The van der Waals surface area contributed by atoms with Crippen molar-refractivity contribution in [2.75, 3.05) is 14.2 Å². The quantitative estimate of drug-likeness (QED) is 0.584. The van der Waals surface area contributed by atoms with Crippen LogP contribution in [0.25, 0.3) is 0 Å². The summed E-state index contributed by atoms with van der Waals surface area (Å²) in [4.78, 5) is 0. The van der Waals surface area contributed by atoms with Crippen LogP contribution < -0.4 is 0 Å². The molecule has 1 aromatic rings. The maximum absolute atomic E-state index is 6.22. The molecule has 0 N–H and O–H groups in total. The first-order valence-corrected chi connectivity index (χ1v) is 5.20. The molecule has 0 unspecified atom stereocenters. The van der Waals surface area contributed by atoms with Gasteiger partial charge in [0.25, 0.3) is 5.25 Å². The summed E-state index contributed by atoms with van der Waals surface area (Å²) in [5, 5.41) is -1.18. The number of methoxy groups -OCH3 is 2. The largest absolute Gasteiger partial charge is 0.337 e. The van der Waals surface area contributed by atoms with E-state index in [-0.39, 0.29) is 0 Å². The first-order valence-electron chi connectivity index (χ1n) is 4.82. The lowest BCUT2D eigenvalue weighted by Gasteiger charge is -2.26. The van der Waals surface area contributed by atoms with E-state index in [9.17, 15) is 0 Å². The Morgan fingerprint density at radius 1 is 0.933 bits per heavy atom. The van der Waals surface area contributed by atoms with Gasteiger partial charge in [-0.2, -0.15) is 0 Å². The minimum atomic E-state index is -1.18. The second-order valence-electron chi connectivity index (χ2n) is 3.70. The van der Waals surface area contributed by atoms with Gasteiger partial charge in [-0.3, -0.25) is 0 Å². The summed E-state index contributed by atoms with van der Waals surface area (Å²) in [7, 11) is 3.07. The lowest BCUT2D eigenvalue weighted by atomic mass is 10.0. The fourth-order valence-corrected chi connectivity index (χ4v) is 1.79. The van der Waals surface area contributed by atoms with Crippen molar-refractivity contribution in [3.8, 4) is 0 Å². The van der Waals surface area contributed by atoms with Crippen molar-refractivity contribution in [3.63, 3.8) is 0 Å². The molecule has 0 saturated carbocycles. The molecule has 1 rings (SSSR count). The maximum Gasteiger partial charge on any atom is 0.276 e. The molecule has 0 aromatic heterocycles. The first kappa shape index (κ1) is 12.5. The molecule has 0 aliphatic heterocycles. The standard InChI is InChI=1S/C12H17ClO2/c1-8-6-10(3)11(7-9(8)2)12(13,14-4)15-5/h6-7H,1-5H3. The Morgan fingerprint density at radius 2 is 1.40 bits per heavy atom. The van der Waals surface area contributed by atoms with Crippen molar-refractivity contribution < 1.29 is 9.47 Å². The van der Waals surface area contributed by atoms with Crippen molar-refractivity contribution in [2.24, 2.45) is 0 Å². The number of halogens is 1. The molecule has 0 fully saturated rings. The molecule has 1 aromatic carbocycles. The zero-order chi connectivity index (χ0) is 11.6. The molecule has 0 bridgehead atoms. The van der Waals surface area contributed by atoms with Crippen LogP contribution in [0.1, 0.15) is 22.3 Å².